The Labute approximate surface area is 148 Å². The molecule has 1 aromatic heterocycles. The summed E-state index contributed by atoms with van der Waals surface area (Å²) in [7, 11) is 0. The van der Waals surface area contributed by atoms with Crippen LogP contribution < -0.4 is 5.32 Å². The van der Waals surface area contributed by atoms with Crippen LogP contribution in [0.2, 0.25) is 10.0 Å². The lowest BCUT2D eigenvalue weighted by atomic mass is 10.2. The predicted octanol–water partition coefficient (Wildman–Crippen LogP) is 4.56. The lowest BCUT2D eigenvalue weighted by Crippen LogP contribution is -2.31. The Hall–Kier alpha value is -2.24. The molecule has 0 aliphatic carbocycles. The van der Waals surface area contributed by atoms with Gasteiger partial charge in [0.2, 0.25) is 0 Å². The fourth-order valence-electron chi connectivity index (χ4n) is 2.40. The number of furan rings is 1. The molecule has 124 valence electrons. The molecule has 24 heavy (non-hydrogen) atoms. The van der Waals surface area contributed by atoms with E-state index < -0.39 is 6.03 Å². The van der Waals surface area contributed by atoms with Crippen LogP contribution in [0.5, 0.6) is 0 Å². The highest BCUT2D eigenvalue weighted by Crippen LogP contribution is 2.32. The number of nitrogens with one attached hydrogen (secondary N) is 1. The quantitative estimate of drug-likeness (QED) is 0.638. The number of nitrogens with zero attached hydrogens (tertiary/aromatic N) is 1. The number of benzene rings is 1. The standard InChI is InChI=1S/C17H14Cl2N2O3/c1-2-7-21-16(22)14(20-17(21)23)9-11-4-6-15(24-11)12-8-10(18)3-5-13(12)19/h3-6,8-9H,2,7H2,1H3,(H,20,23)/b14-9+. The number of urea groups is 1. The van der Waals surface area contributed by atoms with Gasteiger partial charge in [0.15, 0.2) is 0 Å². The Morgan fingerprint density at radius 3 is 2.75 bits per heavy atom. The zero-order chi connectivity index (χ0) is 17.3. The van der Waals surface area contributed by atoms with E-state index in [0.717, 1.165) is 0 Å². The van der Waals surface area contributed by atoms with Crippen molar-refractivity contribution in [1.82, 2.24) is 10.2 Å². The van der Waals surface area contributed by atoms with E-state index in [1.807, 2.05) is 6.92 Å². The summed E-state index contributed by atoms with van der Waals surface area (Å²) in [6.07, 6.45) is 2.20. The summed E-state index contributed by atoms with van der Waals surface area (Å²) in [6.45, 7) is 2.28. The Morgan fingerprint density at radius 2 is 2.00 bits per heavy atom. The third-order valence-electron chi connectivity index (χ3n) is 3.52. The van der Waals surface area contributed by atoms with E-state index in [4.69, 9.17) is 27.6 Å². The highest BCUT2D eigenvalue weighted by atomic mass is 35.5. The van der Waals surface area contributed by atoms with Gasteiger partial charge in [-0.1, -0.05) is 30.1 Å². The summed E-state index contributed by atoms with van der Waals surface area (Å²) in [5.41, 5.74) is 0.842. The van der Waals surface area contributed by atoms with E-state index >= 15 is 0 Å². The Bertz CT molecular complexity index is 842. The van der Waals surface area contributed by atoms with Gasteiger partial charge >= 0.3 is 6.03 Å². The molecule has 3 amide bonds. The third kappa shape index (κ3) is 3.18. The zero-order valence-corrected chi connectivity index (χ0v) is 14.3. The Kier molecular flexibility index (Phi) is 4.64. The smallest absolute Gasteiger partial charge is 0.329 e. The van der Waals surface area contributed by atoms with Crippen molar-refractivity contribution in [3.05, 3.63) is 51.8 Å². The van der Waals surface area contributed by atoms with Crippen molar-refractivity contribution in [2.45, 2.75) is 13.3 Å². The first-order valence-electron chi connectivity index (χ1n) is 7.39. The summed E-state index contributed by atoms with van der Waals surface area (Å²) in [4.78, 5) is 25.1. The molecule has 1 N–H and O–H groups in total. The molecule has 5 nitrogen and oxygen atoms in total. The van der Waals surface area contributed by atoms with Crippen molar-refractivity contribution in [2.24, 2.45) is 0 Å². The molecular weight excluding hydrogens is 351 g/mol. The summed E-state index contributed by atoms with van der Waals surface area (Å²) >= 11 is 12.1. The van der Waals surface area contributed by atoms with Crippen LogP contribution in [0.1, 0.15) is 19.1 Å². The van der Waals surface area contributed by atoms with Gasteiger partial charge in [-0.2, -0.15) is 0 Å². The van der Waals surface area contributed by atoms with E-state index in [2.05, 4.69) is 5.32 Å². The zero-order valence-electron chi connectivity index (χ0n) is 12.8. The molecule has 0 spiro atoms. The first kappa shape index (κ1) is 16.6. The maximum absolute atomic E-state index is 12.2. The fourth-order valence-corrected chi connectivity index (χ4v) is 2.78. The van der Waals surface area contributed by atoms with Crippen LogP contribution in [0.25, 0.3) is 17.4 Å². The second-order valence-corrected chi connectivity index (χ2v) is 6.11. The van der Waals surface area contributed by atoms with Gasteiger partial charge in [0.25, 0.3) is 5.91 Å². The second kappa shape index (κ2) is 6.71. The van der Waals surface area contributed by atoms with Gasteiger partial charge in [0.1, 0.15) is 17.2 Å². The highest BCUT2D eigenvalue weighted by Gasteiger charge is 2.32. The molecule has 3 rings (SSSR count). The van der Waals surface area contributed by atoms with Gasteiger partial charge in [-0.25, -0.2) is 4.79 Å². The lowest BCUT2D eigenvalue weighted by Gasteiger charge is -2.08. The van der Waals surface area contributed by atoms with Crippen LogP contribution in [-0.4, -0.2) is 23.4 Å². The van der Waals surface area contributed by atoms with E-state index in [-0.39, 0.29) is 11.6 Å². The van der Waals surface area contributed by atoms with Gasteiger partial charge in [0.05, 0.1) is 5.02 Å². The van der Waals surface area contributed by atoms with Gasteiger partial charge in [0, 0.05) is 23.2 Å². The first-order chi connectivity index (χ1) is 11.5. The average molecular weight is 365 g/mol. The summed E-state index contributed by atoms with van der Waals surface area (Å²) in [5, 5.41) is 3.60. The Balaban J connectivity index is 1.88. The van der Waals surface area contributed by atoms with Crippen molar-refractivity contribution >= 4 is 41.2 Å². The lowest BCUT2D eigenvalue weighted by molar-refractivity contribution is -0.122. The number of imide groups is 1. The molecule has 2 aromatic rings. The molecule has 0 unspecified atom stereocenters. The van der Waals surface area contributed by atoms with Crippen molar-refractivity contribution in [1.29, 1.82) is 0 Å². The fraction of sp³-hybridized carbons (Fsp3) is 0.176. The average Bonchev–Trinajstić information content (AvgIpc) is 3.11. The van der Waals surface area contributed by atoms with E-state index in [0.29, 0.717) is 40.1 Å². The molecule has 0 radical (unpaired) electrons. The molecule has 7 heteroatoms. The van der Waals surface area contributed by atoms with Gasteiger partial charge < -0.3 is 9.73 Å². The largest absolute Gasteiger partial charge is 0.457 e. The van der Waals surface area contributed by atoms with E-state index in [1.54, 1.807) is 30.3 Å². The molecule has 1 aromatic carbocycles. The maximum atomic E-state index is 12.2. The number of hydrogen-bond acceptors (Lipinski definition) is 3. The number of hydrogen-bond donors (Lipinski definition) is 1. The predicted molar refractivity (Wildman–Crippen MR) is 92.7 cm³/mol. The molecule has 0 atom stereocenters. The van der Waals surface area contributed by atoms with Crippen LogP contribution in [0.4, 0.5) is 4.79 Å². The van der Waals surface area contributed by atoms with Crippen LogP contribution in [0, 0.1) is 0 Å². The molecule has 0 bridgehead atoms. The molecule has 2 heterocycles. The summed E-state index contributed by atoms with van der Waals surface area (Å²) in [5.74, 6) is 0.597. The van der Waals surface area contributed by atoms with Crippen LogP contribution in [0.3, 0.4) is 0 Å². The van der Waals surface area contributed by atoms with Gasteiger partial charge in [-0.3, -0.25) is 9.69 Å². The SMILES string of the molecule is CCCN1C(=O)N/C(=C/c2ccc(-c3cc(Cl)ccc3Cl)o2)C1=O. The van der Waals surface area contributed by atoms with Crippen LogP contribution in [0.15, 0.2) is 40.4 Å². The minimum absolute atomic E-state index is 0.187. The molecular formula is C17H14Cl2N2O3. The van der Waals surface area contributed by atoms with E-state index in [9.17, 15) is 9.59 Å². The minimum Gasteiger partial charge on any atom is -0.457 e. The van der Waals surface area contributed by atoms with Crippen molar-refractivity contribution < 1.29 is 14.0 Å². The summed E-state index contributed by atoms with van der Waals surface area (Å²) in [6, 6.07) is 8.08. The van der Waals surface area contributed by atoms with Crippen molar-refractivity contribution in [3.8, 4) is 11.3 Å². The Morgan fingerprint density at radius 1 is 1.21 bits per heavy atom. The van der Waals surface area contributed by atoms with Gasteiger partial charge in [-0.15, -0.1) is 0 Å². The molecule has 1 aliphatic rings. The number of rotatable bonds is 4. The normalized spacial score (nSPS) is 16.1. The van der Waals surface area contributed by atoms with Crippen molar-refractivity contribution in [3.63, 3.8) is 0 Å². The second-order valence-electron chi connectivity index (χ2n) is 5.27. The topological polar surface area (TPSA) is 62.6 Å². The molecule has 1 saturated heterocycles. The molecule has 0 saturated carbocycles. The number of amides is 3. The van der Waals surface area contributed by atoms with Crippen LogP contribution >= 0.6 is 23.2 Å². The van der Waals surface area contributed by atoms with Gasteiger partial charge in [-0.05, 0) is 36.8 Å². The molecule has 1 aliphatic heterocycles. The minimum atomic E-state index is -0.419. The third-order valence-corrected chi connectivity index (χ3v) is 4.08. The first-order valence-corrected chi connectivity index (χ1v) is 8.15. The number of carbonyl (C=O) groups excluding carboxylic acids is 2. The monoisotopic (exact) mass is 364 g/mol. The summed E-state index contributed by atoms with van der Waals surface area (Å²) < 4.78 is 5.70. The maximum Gasteiger partial charge on any atom is 0.329 e. The number of halogens is 2. The van der Waals surface area contributed by atoms with Crippen molar-refractivity contribution in [2.75, 3.05) is 6.54 Å². The van der Waals surface area contributed by atoms with Crippen LogP contribution in [-0.2, 0) is 4.79 Å². The number of carbonyl (C=O) groups is 2. The highest BCUT2D eigenvalue weighted by molar-refractivity contribution is 6.35. The van der Waals surface area contributed by atoms with E-state index in [1.165, 1.54) is 11.0 Å². The molecule has 1 fully saturated rings.